The van der Waals surface area contributed by atoms with E-state index in [9.17, 15) is 9.18 Å². The molecule has 0 saturated heterocycles. The molecule has 0 spiro atoms. The quantitative estimate of drug-likeness (QED) is 0.850. The number of carbonyl (C=O) groups excluding carboxylic acids is 1. The molecule has 1 amide bonds. The number of rotatable bonds is 4. The van der Waals surface area contributed by atoms with Gasteiger partial charge in [-0.05, 0) is 38.8 Å². The number of hydrogen-bond acceptors (Lipinski definition) is 2. The van der Waals surface area contributed by atoms with Crippen LogP contribution in [-0.2, 0) is 0 Å². The summed E-state index contributed by atoms with van der Waals surface area (Å²) in [6.45, 7) is 10.3. The lowest BCUT2D eigenvalue weighted by Crippen LogP contribution is -2.39. The maximum Gasteiger partial charge on any atom is 0.254 e. The Balaban J connectivity index is 3.10. The largest absolute Gasteiger partial charge is 0.398 e. The maximum absolute atomic E-state index is 13.7. The van der Waals surface area contributed by atoms with Gasteiger partial charge in [-0.2, -0.15) is 0 Å². The van der Waals surface area contributed by atoms with Crippen LogP contribution in [0.2, 0.25) is 0 Å². The molecule has 1 rings (SSSR count). The number of halogens is 1. The van der Waals surface area contributed by atoms with Crippen molar-refractivity contribution < 1.29 is 9.18 Å². The molecule has 2 N–H and O–H groups in total. The normalized spacial score (nSPS) is 11.2. The second-order valence-electron chi connectivity index (χ2n) is 5.62. The third-order valence-corrected chi connectivity index (χ3v) is 3.08. The van der Waals surface area contributed by atoms with E-state index in [-0.39, 0.29) is 11.9 Å². The molecule has 1 aromatic carbocycles. The molecule has 19 heavy (non-hydrogen) atoms. The lowest BCUT2D eigenvalue weighted by molar-refractivity contribution is 0.0681. The fourth-order valence-corrected chi connectivity index (χ4v) is 1.91. The van der Waals surface area contributed by atoms with Gasteiger partial charge < -0.3 is 10.6 Å². The fraction of sp³-hybridized carbons (Fsp3) is 0.533. The van der Waals surface area contributed by atoms with E-state index in [1.807, 2.05) is 27.7 Å². The van der Waals surface area contributed by atoms with Gasteiger partial charge in [0, 0.05) is 29.4 Å². The molecular formula is C15H23FN2O. The Kier molecular flexibility index (Phi) is 4.92. The Morgan fingerprint density at radius 2 is 1.89 bits per heavy atom. The summed E-state index contributed by atoms with van der Waals surface area (Å²) in [5.74, 6) is -0.245. The molecular weight excluding hydrogens is 243 g/mol. The van der Waals surface area contributed by atoms with E-state index in [0.717, 1.165) is 0 Å². The molecule has 0 saturated carbocycles. The number of hydrogen-bond donors (Lipinski definition) is 1. The van der Waals surface area contributed by atoms with Gasteiger partial charge in [0.2, 0.25) is 0 Å². The summed E-state index contributed by atoms with van der Waals surface area (Å²) in [5.41, 5.74) is 6.74. The van der Waals surface area contributed by atoms with Crippen LogP contribution in [0.1, 0.15) is 43.6 Å². The molecule has 0 aliphatic heterocycles. The number of benzene rings is 1. The van der Waals surface area contributed by atoms with Crippen molar-refractivity contribution in [2.75, 3.05) is 12.3 Å². The van der Waals surface area contributed by atoms with E-state index in [4.69, 9.17) is 5.73 Å². The van der Waals surface area contributed by atoms with Crippen LogP contribution in [0.5, 0.6) is 0 Å². The summed E-state index contributed by atoms with van der Waals surface area (Å²) >= 11 is 0. The number of amides is 1. The SMILES string of the molecule is Cc1c(N)cc(C(=O)N(CC(C)C)C(C)C)cc1F. The van der Waals surface area contributed by atoms with Crippen LogP contribution in [0.25, 0.3) is 0 Å². The molecule has 0 heterocycles. The Morgan fingerprint density at radius 1 is 1.32 bits per heavy atom. The third-order valence-electron chi connectivity index (χ3n) is 3.08. The zero-order chi connectivity index (χ0) is 14.7. The molecule has 0 fully saturated rings. The fourth-order valence-electron chi connectivity index (χ4n) is 1.91. The Morgan fingerprint density at radius 3 is 2.32 bits per heavy atom. The van der Waals surface area contributed by atoms with Crippen LogP contribution in [0.15, 0.2) is 12.1 Å². The molecule has 0 aliphatic rings. The Labute approximate surface area is 114 Å². The van der Waals surface area contributed by atoms with Crippen LogP contribution >= 0.6 is 0 Å². The van der Waals surface area contributed by atoms with E-state index in [1.165, 1.54) is 6.07 Å². The van der Waals surface area contributed by atoms with Crippen molar-refractivity contribution in [3.8, 4) is 0 Å². The van der Waals surface area contributed by atoms with Gasteiger partial charge in [-0.25, -0.2) is 4.39 Å². The van der Waals surface area contributed by atoms with Gasteiger partial charge in [0.05, 0.1) is 0 Å². The molecule has 0 radical (unpaired) electrons. The van der Waals surface area contributed by atoms with Crippen molar-refractivity contribution in [2.45, 2.75) is 40.7 Å². The maximum atomic E-state index is 13.7. The Bertz CT molecular complexity index is 446. The lowest BCUT2D eigenvalue weighted by atomic mass is 10.1. The lowest BCUT2D eigenvalue weighted by Gasteiger charge is -2.28. The smallest absolute Gasteiger partial charge is 0.254 e. The van der Waals surface area contributed by atoms with Crippen LogP contribution in [-0.4, -0.2) is 23.4 Å². The highest BCUT2D eigenvalue weighted by Gasteiger charge is 2.21. The first-order valence-electron chi connectivity index (χ1n) is 6.60. The van der Waals surface area contributed by atoms with Gasteiger partial charge in [0.1, 0.15) is 5.82 Å². The topological polar surface area (TPSA) is 46.3 Å². The predicted octanol–water partition coefficient (Wildman–Crippen LogP) is 3.22. The first-order chi connectivity index (χ1) is 8.73. The minimum absolute atomic E-state index is 0.0699. The molecule has 0 unspecified atom stereocenters. The summed E-state index contributed by atoms with van der Waals surface area (Å²) in [5, 5.41) is 0. The number of nitrogen functional groups attached to an aromatic ring is 1. The summed E-state index contributed by atoms with van der Waals surface area (Å²) in [6, 6.07) is 2.89. The van der Waals surface area contributed by atoms with Crippen molar-refractivity contribution in [1.82, 2.24) is 4.90 Å². The number of nitrogens with two attached hydrogens (primary N) is 1. The van der Waals surface area contributed by atoms with Gasteiger partial charge in [-0.1, -0.05) is 13.8 Å². The van der Waals surface area contributed by atoms with Crippen LogP contribution in [0.4, 0.5) is 10.1 Å². The highest BCUT2D eigenvalue weighted by Crippen LogP contribution is 2.20. The van der Waals surface area contributed by atoms with E-state index in [2.05, 4.69) is 0 Å². The first-order valence-corrected chi connectivity index (χ1v) is 6.60. The Hall–Kier alpha value is -1.58. The number of carbonyl (C=O) groups is 1. The molecule has 4 heteroatoms. The number of nitrogens with zero attached hydrogens (tertiary/aromatic N) is 1. The molecule has 106 valence electrons. The highest BCUT2D eigenvalue weighted by atomic mass is 19.1. The monoisotopic (exact) mass is 266 g/mol. The highest BCUT2D eigenvalue weighted by molar-refractivity contribution is 5.95. The molecule has 1 aromatic rings. The van der Waals surface area contributed by atoms with Crippen molar-refractivity contribution in [1.29, 1.82) is 0 Å². The van der Waals surface area contributed by atoms with E-state index >= 15 is 0 Å². The van der Waals surface area contributed by atoms with Crippen LogP contribution in [0, 0.1) is 18.7 Å². The first kappa shape index (κ1) is 15.5. The standard InChI is InChI=1S/C15H23FN2O/c1-9(2)8-18(10(3)4)15(19)12-6-13(16)11(5)14(17)7-12/h6-7,9-10H,8,17H2,1-5H3. The van der Waals surface area contributed by atoms with Crippen molar-refractivity contribution in [3.05, 3.63) is 29.1 Å². The second-order valence-corrected chi connectivity index (χ2v) is 5.62. The molecule has 0 bridgehead atoms. The van der Waals surface area contributed by atoms with Crippen LogP contribution < -0.4 is 5.73 Å². The summed E-state index contributed by atoms with van der Waals surface area (Å²) < 4.78 is 13.7. The third kappa shape index (κ3) is 3.69. The zero-order valence-corrected chi connectivity index (χ0v) is 12.3. The molecule has 0 aliphatic carbocycles. The van der Waals surface area contributed by atoms with Crippen molar-refractivity contribution in [3.63, 3.8) is 0 Å². The van der Waals surface area contributed by atoms with Gasteiger partial charge in [-0.3, -0.25) is 4.79 Å². The summed E-state index contributed by atoms with van der Waals surface area (Å²) in [7, 11) is 0. The van der Waals surface area contributed by atoms with E-state index < -0.39 is 5.82 Å². The second kappa shape index (κ2) is 6.04. The van der Waals surface area contributed by atoms with Crippen LogP contribution in [0.3, 0.4) is 0 Å². The predicted molar refractivity (Wildman–Crippen MR) is 76.6 cm³/mol. The van der Waals surface area contributed by atoms with Gasteiger partial charge in [0.25, 0.3) is 5.91 Å². The van der Waals surface area contributed by atoms with Gasteiger partial charge in [-0.15, -0.1) is 0 Å². The minimum Gasteiger partial charge on any atom is -0.398 e. The van der Waals surface area contributed by atoms with E-state index in [1.54, 1.807) is 17.9 Å². The van der Waals surface area contributed by atoms with Gasteiger partial charge >= 0.3 is 0 Å². The minimum atomic E-state index is -0.434. The van der Waals surface area contributed by atoms with Crippen molar-refractivity contribution in [2.24, 2.45) is 5.92 Å². The average Bonchev–Trinajstić information content (AvgIpc) is 2.31. The molecule has 0 atom stereocenters. The average molecular weight is 266 g/mol. The molecule has 0 aromatic heterocycles. The summed E-state index contributed by atoms with van der Waals surface area (Å²) in [6.07, 6.45) is 0. The van der Waals surface area contributed by atoms with Crippen molar-refractivity contribution >= 4 is 11.6 Å². The number of anilines is 1. The molecule has 3 nitrogen and oxygen atoms in total. The van der Waals surface area contributed by atoms with Gasteiger partial charge in [0.15, 0.2) is 0 Å². The van der Waals surface area contributed by atoms with E-state index in [0.29, 0.717) is 29.3 Å². The summed E-state index contributed by atoms with van der Waals surface area (Å²) in [4.78, 5) is 14.2. The zero-order valence-electron chi connectivity index (χ0n) is 12.3.